The minimum absolute atomic E-state index is 0.0207. The van der Waals surface area contributed by atoms with Gasteiger partial charge in [0, 0.05) is 19.7 Å². The molecule has 1 aromatic heterocycles. The Hall–Kier alpha value is -1.58. The second-order valence-corrected chi connectivity index (χ2v) is 4.17. The predicted molar refractivity (Wildman–Crippen MR) is 53.5 cm³/mol. The van der Waals surface area contributed by atoms with E-state index in [0.29, 0.717) is 0 Å². The first-order valence-corrected chi connectivity index (χ1v) is 5.06. The van der Waals surface area contributed by atoms with Crippen LogP contribution in [0.15, 0.2) is 12.3 Å². The van der Waals surface area contributed by atoms with Crippen molar-refractivity contribution in [2.75, 3.05) is 7.05 Å². The van der Waals surface area contributed by atoms with E-state index in [-0.39, 0.29) is 18.2 Å². The lowest BCUT2D eigenvalue weighted by atomic mass is 10.1. The number of aryl methyl sites for hydroxylation is 1. The maximum atomic E-state index is 11.4. The molecule has 1 aliphatic carbocycles. The first-order chi connectivity index (χ1) is 7.18. The van der Waals surface area contributed by atoms with Gasteiger partial charge < -0.3 is 4.74 Å². The van der Waals surface area contributed by atoms with Gasteiger partial charge in [-0.05, 0) is 24.1 Å². The topological polar surface area (TPSA) is 42.4 Å². The lowest BCUT2D eigenvalue weighted by molar-refractivity contribution is 0.133. The minimum Gasteiger partial charge on any atom is -0.443 e. The van der Waals surface area contributed by atoms with Crippen LogP contribution in [-0.4, -0.2) is 29.1 Å². The summed E-state index contributed by atoms with van der Waals surface area (Å²) in [5, 5.41) is 0. The van der Waals surface area contributed by atoms with E-state index in [4.69, 9.17) is 4.74 Å². The Morgan fingerprint density at radius 3 is 3.20 bits per heavy atom. The number of aromatic nitrogens is 1. The van der Waals surface area contributed by atoms with Gasteiger partial charge >= 0.3 is 6.09 Å². The third-order valence-corrected chi connectivity index (χ3v) is 3.32. The Labute approximate surface area is 87.9 Å². The largest absolute Gasteiger partial charge is 0.443 e. The molecule has 0 saturated carbocycles. The summed E-state index contributed by atoms with van der Waals surface area (Å²) in [5.74, 6) is 0. The zero-order valence-corrected chi connectivity index (χ0v) is 8.73. The fraction of sp³-hybridized carbons (Fsp3) is 0.455. The van der Waals surface area contributed by atoms with Crippen molar-refractivity contribution in [1.29, 1.82) is 0 Å². The van der Waals surface area contributed by atoms with Gasteiger partial charge in [0.25, 0.3) is 0 Å². The average molecular weight is 204 g/mol. The second-order valence-electron chi connectivity index (χ2n) is 4.17. The lowest BCUT2D eigenvalue weighted by Gasteiger charge is -2.14. The highest BCUT2D eigenvalue weighted by Gasteiger charge is 2.47. The fourth-order valence-electron chi connectivity index (χ4n) is 2.48. The highest BCUT2D eigenvalue weighted by Crippen LogP contribution is 2.41. The first-order valence-electron chi connectivity index (χ1n) is 5.06. The van der Waals surface area contributed by atoms with E-state index in [0.717, 1.165) is 12.1 Å². The van der Waals surface area contributed by atoms with Crippen molar-refractivity contribution in [2.45, 2.75) is 25.5 Å². The molecule has 1 fully saturated rings. The highest BCUT2D eigenvalue weighted by molar-refractivity contribution is 5.71. The standard InChI is InChI=1S/C11H12N2O2/c1-6-3-4-12-9-7(6)5-8-10(9)13(2)11(14)15-8/h3-4,8,10H,5H2,1-2H3. The van der Waals surface area contributed by atoms with Crippen LogP contribution in [0.1, 0.15) is 22.9 Å². The minimum atomic E-state index is -0.237. The third-order valence-electron chi connectivity index (χ3n) is 3.32. The van der Waals surface area contributed by atoms with E-state index in [1.54, 1.807) is 18.1 Å². The van der Waals surface area contributed by atoms with Crippen LogP contribution in [0.2, 0.25) is 0 Å². The van der Waals surface area contributed by atoms with Gasteiger partial charge in [-0.15, -0.1) is 0 Å². The van der Waals surface area contributed by atoms with Gasteiger partial charge in [-0.2, -0.15) is 0 Å². The van der Waals surface area contributed by atoms with E-state index >= 15 is 0 Å². The number of hydrogen-bond donors (Lipinski definition) is 0. The molecule has 0 spiro atoms. The molecule has 15 heavy (non-hydrogen) atoms. The molecule has 4 heteroatoms. The second kappa shape index (κ2) is 2.72. The third kappa shape index (κ3) is 1.02. The summed E-state index contributed by atoms with van der Waals surface area (Å²) in [6.07, 6.45) is 2.33. The van der Waals surface area contributed by atoms with E-state index in [1.165, 1.54) is 11.1 Å². The molecule has 1 saturated heterocycles. The maximum absolute atomic E-state index is 11.4. The number of amides is 1. The molecule has 0 radical (unpaired) electrons. The Morgan fingerprint density at radius 1 is 1.60 bits per heavy atom. The smallest absolute Gasteiger partial charge is 0.410 e. The summed E-state index contributed by atoms with van der Waals surface area (Å²) in [7, 11) is 1.77. The molecule has 2 unspecified atom stereocenters. The number of nitrogens with zero attached hydrogens (tertiary/aromatic N) is 2. The highest BCUT2D eigenvalue weighted by atomic mass is 16.6. The molecule has 4 nitrogen and oxygen atoms in total. The van der Waals surface area contributed by atoms with E-state index in [9.17, 15) is 4.79 Å². The van der Waals surface area contributed by atoms with E-state index in [2.05, 4.69) is 11.9 Å². The molecule has 2 heterocycles. The van der Waals surface area contributed by atoms with E-state index < -0.39 is 0 Å². The Balaban J connectivity index is 2.12. The Morgan fingerprint density at radius 2 is 2.40 bits per heavy atom. The number of hydrogen-bond acceptors (Lipinski definition) is 3. The van der Waals surface area contributed by atoms with Gasteiger partial charge in [-0.3, -0.25) is 9.88 Å². The van der Waals surface area contributed by atoms with Crippen LogP contribution < -0.4 is 0 Å². The lowest BCUT2D eigenvalue weighted by Crippen LogP contribution is -2.23. The summed E-state index contributed by atoms with van der Waals surface area (Å²) in [4.78, 5) is 17.4. The summed E-state index contributed by atoms with van der Waals surface area (Å²) < 4.78 is 5.28. The van der Waals surface area contributed by atoms with Crippen molar-refractivity contribution in [3.8, 4) is 0 Å². The van der Waals surface area contributed by atoms with Gasteiger partial charge in [-0.1, -0.05) is 0 Å². The molecule has 0 bridgehead atoms. The SMILES string of the molecule is Cc1ccnc2c1CC1OC(=O)N(C)C21. The van der Waals surface area contributed by atoms with Gasteiger partial charge in [0.05, 0.1) is 5.69 Å². The van der Waals surface area contributed by atoms with Crippen molar-refractivity contribution < 1.29 is 9.53 Å². The zero-order chi connectivity index (χ0) is 10.6. The monoisotopic (exact) mass is 204 g/mol. The number of fused-ring (bicyclic) bond motifs is 3. The molecule has 0 N–H and O–H groups in total. The zero-order valence-electron chi connectivity index (χ0n) is 8.73. The Bertz CT molecular complexity index is 444. The van der Waals surface area contributed by atoms with Gasteiger partial charge in [0.15, 0.2) is 0 Å². The summed E-state index contributed by atoms with van der Waals surface area (Å²) in [5.41, 5.74) is 3.49. The summed E-state index contributed by atoms with van der Waals surface area (Å²) >= 11 is 0. The molecular weight excluding hydrogens is 192 g/mol. The van der Waals surface area contributed by atoms with Crippen LogP contribution in [0.5, 0.6) is 0 Å². The fourth-order valence-corrected chi connectivity index (χ4v) is 2.48. The molecule has 1 aliphatic heterocycles. The van der Waals surface area contributed by atoms with Crippen LogP contribution in [0, 0.1) is 6.92 Å². The van der Waals surface area contributed by atoms with Crippen molar-refractivity contribution in [3.63, 3.8) is 0 Å². The van der Waals surface area contributed by atoms with Crippen molar-refractivity contribution in [1.82, 2.24) is 9.88 Å². The molecule has 0 aromatic carbocycles. The molecule has 3 rings (SSSR count). The Kier molecular flexibility index (Phi) is 1.58. The molecule has 1 aromatic rings. The number of pyridine rings is 1. The average Bonchev–Trinajstić information content (AvgIpc) is 2.68. The first kappa shape index (κ1) is 8.71. The molecule has 1 amide bonds. The quantitative estimate of drug-likeness (QED) is 0.642. The van der Waals surface area contributed by atoms with Crippen molar-refractivity contribution >= 4 is 6.09 Å². The number of likely N-dealkylation sites (N-methyl/N-ethyl adjacent to an activating group) is 1. The maximum Gasteiger partial charge on any atom is 0.410 e. The molecule has 2 aliphatic rings. The molecular formula is C11H12N2O2. The van der Waals surface area contributed by atoms with Crippen molar-refractivity contribution in [3.05, 3.63) is 29.1 Å². The summed E-state index contributed by atoms with van der Waals surface area (Å²) in [6.45, 7) is 2.07. The molecule has 2 atom stereocenters. The van der Waals surface area contributed by atoms with Crippen LogP contribution in [0.25, 0.3) is 0 Å². The number of carbonyl (C=O) groups excluding carboxylic acids is 1. The normalized spacial score (nSPS) is 27.6. The van der Waals surface area contributed by atoms with Crippen LogP contribution in [-0.2, 0) is 11.2 Å². The van der Waals surface area contributed by atoms with E-state index in [1.807, 2.05) is 6.07 Å². The van der Waals surface area contributed by atoms with Crippen LogP contribution in [0.4, 0.5) is 4.79 Å². The van der Waals surface area contributed by atoms with Crippen LogP contribution in [0.3, 0.4) is 0 Å². The van der Waals surface area contributed by atoms with Crippen molar-refractivity contribution in [2.24, 2.45) is 0 Å². The van der Waals surface area contributed by atoms with Gasteiger partial charge in [0.1, 0.15) is 12.1 Å². The predicted octanol–water partition coefficient (Wildman–Crippen LogP) is 1.44. The van der Waals surface area contributed by atoms with Gasteiger partial charge in [0.2, 0.25) is 0 Å². The van der Waals surface area contributed by atoms with Gasteiger partial charge in [-0.25, -0.2) is 4.79 Å². The van der Waals surface area contributed by atoms with Crippen LogP contribution >= 0.6 is 0 Å². The molecule has 78 valence electrons. The summed E-state index contributed by atoms with van der Waals surface area (Å²) in [6, 6.07) is 2.02. The number of rotatable bonds is 0. The number of carbonyl (C=O) groups is 1. The number of ether oxygens (including phenoxy) is 1.